The molecule has 0 amide bonds. The summed E-state index contributed by atoms with van der Waals surface area (Å²) in [6, 6.07) is 10.7. The van der Waals surface area contributed by atoms with Gasteiger partial charge in [-0.2, -0.15) is 0 Å². The Hall–Kier alpha value is -1.83. The van der Waals surface area contributed by atoms with E-state index in [4.69, 9.17) is 0 Å². The lowest BCUT2D eigenvalue weighted by Gasteiger charge is -2.09. The van der Waals surface area contributed by atoms with Crippen LogP contribution in [-0.2, 0) is 12.8 Å². The van der Waals surface area contributed by atoms with Gasteiger partial charge >= 0.3 is 0 Å². The maximum absolute atomic E-state index is 4.02. The molecule has 1 heterocycles. The number of anilines is 1. The van der Waals surface area contributed by atoms with Crippen LogP contribution in [0.25, 0.3) is 0 Å². The van der Waals surface area contributed by atoms with E-state index in [-0.39, 0.29) is 0 Å². The normalized spacial score (nSPS) is 10.3. The molecule has 2 aromatic rings. The molecule has 0 atom stereocenters. The average Bonchev–Trinajstić information content (AvgIpc) is 2.40. The van der Waals surface area contributed by atoms with Crippen LogP contribution in [0.4, 0.5) is 5.69 Å². The molecule has 94 valence electrons. The van der Waals surface area contributed by atoms with Crippen LogP contribution in [0.5, 0.6) is 0 Å². The molecule has 0 aliphatic heterocycles. The lowest BCUT2D eigenvalue weighted by Crippen LogP contribution is -2.05. The van der Waals surface area contributed by atoms with E-state index in [0.717, 1.165) is 19.4 Å². The summed E-state index contributed by atoms with van der Waals surface area (Å²) in [6.07, 6.45) is 5.81. The van der Waals surface area contributed by atoms with Crippen LogP contribution in [0.2, 0.25) is 0 Å². The third-order valence-corrected chi connectivity index (χ3v) is 3.22. The van der Waals surface area contributed by atoms with Crippen molar-refractivity contribution in [3.63, 3.8) is 0 Å². The van der Waals surface area contributed by atoms with Crippen molar-refractivity contribution in [3.05, 3.63) is 59.4 Å². The van der Waals surface area contributed by atoms with Gasteiger partial charge in [0.25, 0.3) is 0 Å². The zero-order valence-corrected chi connectivity index (χ0v) is 11.1. The van der Waals surface area contributed by atoms with Crippen molar-refractivity contribution in [1.82, 2.24) is 4.98 Å². The van der Waals surface area contributed by atoms with Crippen LogP contribution >= 0.6 is 0 Å². The van der Waals surface area contributed by atoms with E-state index in [9.17, 15) is 0 Å². The highest BCUT2D eigenvalue weighted by atomic mass is 14.9. The Kier molecular flexibility index (Phi) is 4.35. The number of aryl methyl sites for hydroxylation is 2. The molecule has 0 unspecified atom stereocenters. The summed E-state index contributed by atoms with van der Waals surface area (Å²) in [5.41, 5.74) is 5.32. The highest BCUT2D eigenvalue weighted by Crippen LogP contribution is 2.15. The summed E-state index contributed by atoms with van der Waals surface area (Å²) >= 11 is 0. The molecule has 0 aliphatic rings. The first kappa shape index (κ1) is 12.6. The SMILES string of the molecule is CCc1ccc(NCCc2ccncc2)cc1C. The smallest absolute Gasteiger partial charge is 0.0343 e. The van der Waals surface area contributed by atoms with E-state index >= 15 is 0 Å². The minimum atomic E-state index is 0.953. The number of nitrogens with one attached hydrogen (secondary N) is 1. The van der Waals surface area contributed by atoms with Crippen molar-refractivity contribution in [2.75, 3.05) is 11.9 Å². The molecule has 0 saturated heterocycles. The fourth-order valence-electron chi connectivity index (χ4n) is 2.10. The first-order chi connectivity index (χ1) is 8.79. The Morgan fingerprint density at radius 3 is 2.56 bits per heavy atom. The Morgan fingerprint density at radius 2 is 1.89 bits per heavy atom. The van der Waals surface area contributed by atoms with Crippen LogP contribution in [0, 0.1) is 6.92 Å². The van der Waals surface area contributed by atoms with Gasteiger partial charge in [0.05, 0.1) is 0 Å². The molecule has 18 heavy (non-hydrogen) atoms. The second-order valence-corrected chi connectivity index (χ2v) is 4.53. The zero-order valence-electron chi connectivity index (χ0n) is 11.1. The summed E-state index contributed by atoms with van der Waals surface area (Å²) in [7, 11) is 0. The molecule has 1 aromatic heterocycles. The quantitative estimate of drug-likeness (QED) is 0.863. The molecular formula is C16H20N2. The van der Waals surface area contributed by atoms with Crippen LogP contribution < -0.4 is 5.32 Å². The molecule has 1 aromatic carbocycles. The number of benzene rings is 1. The van der Waals surface area contributed by atoms with Crippen LogP contribution in [0.15, 0.2) is 42.7 Å². The standard InChI is InChI=1S/C16H20N2/c1-3-15-4-5-16(12-13(15)2)18-11-8-14-6-9-17-10-7-14/h4-7,9-10,12,18H,3,8,11H2,1-2H3. The van der Waals surface area contributed by atoms with Crippen molar-refractivity contribution in [1.29, 1.82) is 0 Å². The van der Waals surface area contributed by atoms with E-state index < -0.39 is 0 Å². The Bertz CT molecular complexity index is 492. The Morgan fingerprint density at radius 1 is 1.11 bits per heavy atom. The monoisotopic (exact) mass is 240 g/mol. The van der Waals surface area contributed by atoms with E-state index in [1.54, 1.807) is 0 Å². The lowest BCUT2D eigenvalue weighted by molar-refractivity contribution is 1.01. The molecular weight excluding hydrogens is 220 g/mol. The Labute approximate surface area is 109 Å². The second-order valence-electron chi connectivity index (χ2n) is 4.53. The van der Waals surface area contributed by atoms with Gasteiger partial charge in [-0.15, -0.1) is 0 Å². The lowest BCUT2D eigenvalue weighted by atomic mass is 10.1. The van der Waals surface area contributed by atoms with Gasteiger partial charge < -0.3 is 5.32 Å². The first-order valence-electron chi connectivity index (χ1n) is 6.52. The van der Waals surface area contributed by atoms with E-state index in [1.165, 1.54) is 22.4 Å². The maximum Gasteiger partial charge on any atom is 0.0343 e. The van der Waals surface area contributed by atoms with Gasteiger partial charge in [0.15, 0.2) is 0 Å². The van der Waals surface area contributed by atoms with Gasteiger partial charge in [0, 0.05) is 24.6 Å². The summed E-state index contributed by atoms with van der Waals surface area (Å²) in [5.74, 6) is 0. The second kappa shape index (κ2) is 6.20. The largest absolute Gasteiger partial charge is 0.385 e. The summed E-state index contributed by atoms with van der Waals surface area (Å²) < 4.78 is 0. The van der Waals surface area contributed by atoms with Crippen molar-refractivity contribution in [3.8, 4) is 0 Å². The third kappa shape index (κ3) is 3.33. The number of aromatic nitrogens is 1. The predicted molar refractivity (Wildman–Crippen MR) is 77.0 cm³/mol. The third-order valence-electron chi connectivity index (χ3n) is 3.22. The topological polar surface area (TPSA) is 24.9 Å². The zero-order chi connectivity index (χ0) is 12.8. The molecule has 2 heteroatoms. The average molecular weight is 240 g/mol. The van der Waals surface area contributed by atoms with Crippen molar-refractivity contribution in [2.45, 2.75) is 26.7 Å². The molecule has 0 fully saturated rings. The molecule has 0 spiro atoms. The van der Waals surface area contributed by atoms with Gasteiger partial charge in [-0.05, 0) is 60.7 Å². The number of hydrogen-bond donors (Lipinski definition) is 1. The number of pyridine rings is 1. The molecule has 2 rings (SSSR count). The van der Waals surface area contributed by atoms with Crippen molar-refractivity contribution < 1.29 is 0 Å². The van der Waals surface area contributed by atoms with Crippen LogP contribution in [-0.4, -0.2) is 11.5 Å². The maximum atomic E-state index is 4.02. The summed E-state index contributed by atoms with van der Waals surface area (Å²) in [6.45, 7) is 5.32. The fraction of sp³-hybridized carbons (Fsp3) is 0.312. The van der Waals surface area contributed by atoms with Crippen LogP contribution in [0.3, 0.4) is 0 Å². The van der Waals surface area contributed by atoms with E-state index in [2.05, 4.69) is 54.5 Å². The molecule has 0 bridgehead atoms. The van der Waals surface area contributed by atoms with Gasteiger partial charge in [-0.1, -0.05) is 13.0 Å². The van der Waals surface area contributed by atoms with Gasteiger partial charge in [-0.3, -0.25) is 4.98 Å². The fourth-order valence-corrected chi connectivity index (χ4v) is 2.10. The van der Waals surface area contributed by atoms with Gasteiger partial charge in [0.1, 0.15) is 0 Å². The highest BCUT2D eigenvalue weighted by molar-refractivity contribution is 5.48. The van der Waals surface area contributed by atoms with Gasteiger partial charge in [0.2, 0.25) is 0 Å². The van der Waals surface area contributed by atoms with Gasteiger partial charge in [-0.25, -0.2) is 0 Å². The van der Waals surface area contributed by atoms with E-state index in [1.807, 2.05) is 12.4 Å². The number of hydrogen-bond acceptors (Lipinski definition) is 2. The summed E-state index contributed by atoms with van der Waals surface area (Å²) in [4.78, 5) is 4.02. The predicted octanol–water partition coefficient (Wildman–Crippen LogP) is 3.61. The number of nitrogens with zero attached hydrogens (tertiary/aromatic N) is 1. The molecule has 0 radical (unpaired) electrons. The highest BCUT2D eigenvalue weighted by Gasteiger charge is 1.98. The minimum absolute atomic E-state index is 0.953. The Balaban J connectivity index is 1.89. The number of rotatable bonds is 5. The van der Waals surface area contributed by atoms with Crippen LogP contribution in [0.1, 0.15) is 23.6 Å². The van der Waals surface area contributed by atoms with E-state index in [0.29, 0.717) is 0 Å². The minimum Gasteiger partial charge on any atom is -0.385 e. The molecule has 1 N–H and O–H groups in total. The molecule has 2 nitrogen and oxygen atoms in total. The molecule has 0 aliphatic carbocycles. The molecule has 0 saturated carbocycles. The summed E-state index contributed by atoms with van der Waals surface area (Å²) in [5, 5.41) is 3.46. The van der Waals surface area contributed by atoms with Crippen molar-refractivity contribution >= 4 is 5.69 Å². The van der Waals surface area contributed by atoms with Crippen molar-refractivity contribution in [2.24, 2.45) is 0 Å². The first-order valence-corrected chi connectivity index (χ1v) is 6.52.